The van der Waals surface area contributed by atoms with E-state index in [-0.39, 0.29) is 0 Å². The van der Waals surface area contributed by atoms with Crippen molar-refractivity contribution < 1.29 is 0 Å². The van der Waals surface area contributed by atoms with E-state index in [4.69, 9.17) is 0 Å². The average molecular weight is 248 g/mol. The Morgan fingerprint density at radius 3 is 2.89 bits per heavy atom. The quantitative estimate of drug-likeness (QED) is 0.716. The van der Waals surface area contributed by atoms with Gasteiger partial charge in [0, 0.05) is 31.4 Å². The largest absolute Gasteiger partial charge is 0.356 e. The summed E-state index contributed by atoms with van der Waals surface area (Å²) in [6, 6.07) is 0. The van der Waals surface area contributed by atoms with Gasteiger partial charge in [0.2, 0.25) is 0 Å². The number of rotatable bonds is 8. The predicted octanol–water partition coefficient (Wildman–Crippen LogP) is 2.21. The van der Waals surface area contributed by atoms with Crippen LogP contribution in [0.5, 0.6) is 0 Å². The lowest BCUT2D eigenvalue weighted by Crippen LogP contribution is -2.28. The van der Waals surface area contributed by atoms with E-state index in [1.165, 1.54) is 18.4 Å². The third-order valence-electron chi connectivity index (χ3n) is 3.36. The first-order valence-corrected chi connectivity index (χ1v) is 7.09. The molecule has 1 heterocycles. The molecule has 2 rings (SSSR count). The minimum Gasteiger partial charge on any atom is -0.356 e. The van der Waals surface area contributed by atoms with Crippen LogP contribution in [0.2, 0.25) is 0 Å². The van der Waals surface area contributed by atoms with Crippen molar-refractivity contribution in [1.82, 2.24) is 15.3 Å². The fraction of sp³-hybridized carbons (Fsp3) is 0.714. The van der Waals surface area contributed by atoms with Gasteiger partial charge in [0.15, 0.2) is 0 Å². The first-order chi connectivity index (χ1) is 8.85. The third-order valence-corrected chi connectivity index (χ3v) is 3.36. The molecule has 0 saturated heterocycles. The van der Waals surface area contributed by atoms with E-state index in [9.17, 15) is 0 Å². The van der Waals surface area contributed by atoms with Crippen molar-refractivity contribution in [3.05, 3.63) is 18.1 Å². The van der Waals surface area contributed by atoms with Gasteiger partial charge in [-0.05, 0) is 38.6 Å². The molecule has 4 nitrogen and oxygen atoms in total. The first kappa shape index (κ1) is 13.3. The summed E-state index contributed by atoms with van der Waals surface area (Å²) in [5.74, 6) is 2.00. The molecule has 1 aliphatic carbocycles. The van der Waals surface area contributed by atoms with Crippen LogP contribution < -0.4 is 10.2 Å². The van der Waals surface area contributed by atoms with Gasteiger partial charge in [0.25, 0.3) is 0 Å². The molecule has 0 unspecified atom stereocenters. The number of hydrogen-bond acceptors (Lipinski definition) is 4. The molecule has 100 valence electrons. The molecule has 1 aromatic rings. The van der Waals surface area contributed by atoms with Gasteiger partial charge in [0.1, 0.15) is 12.1 Å². The zero-order valence-corrected chi connectivity index (χ0v) is 11.5. The maximum atomic E-state index is 4.48. The maximum absolute atomic E-state index is 4.48. The molecule has 1 aromatic heterocycles. The summed E-state index contributed by atoms with van der Waals surface area (Å²) in [5, 5.41) is 3.43. The number of aromatic nitrogens is 2. The van der Waals surface area contributed by atoms with Gasteiger partial charge < -0.3 is 10.2 Å². The molecular formula is C14H24N4. The Balaban J connectivity index is 2.03. The minimum atomic E-state index is 0.866. The van der Waals surface area contributed by atoms with Gasteiger partial charge >= 0.3 is 0 Å². The van der Waals surface area contributed by atoms with Crippen molar-refractivity contribution in [2.75, 3.05) is 24.5 Å². The molecule has 0 radical (unpaired) electrons. The van der Waals surface area contributed by atoms with Crippen molar-refractivity contribution in [3.63, 3.8) is 0 Å². The van der Waals surface area contributed by atoms with Crippen LogP contribution in [0.3, 0.4) is 0 Å². The Hall–Kier alpha value is -1.16. The van der Waals surface area contributed by atoms with Crippen LogP contribution in [0.1, 0.15) is 38.7 Å². The molecule has 0 aliphatic heterocycles. The highest BCUT2D eigenvalue weighted by Gasteiger charge is 2.25. The Morgan fingerprint density at radius 1 is 1.39 bits per heavy atom. The van der Waals surface area contributed by atoms with Crippen molar-refractivity contribution in [2.24, 2.45) is 5.92 Å². The van der Waals surface area contributed by atoms with Gasteiger partial charge in [-0.3, -0.25) is 0 Å². The lowest BCUT2D eigenvalue weighted by atomic mass is 10.2. The predicted molar refractivity (Wildman–Crippen MR) is 74.6 cm³/mol. The summed E-state index contributed by atoms with van der Waals surface area (Å²) in [7, 11) is 0. The normalized spacial score (nSPS) is 14.8. The van der Waals surface area contributed by atoms with Crippen molar-refractivity contribution in [2.45, 2.75) is 39.7 Å². The molecule has 1 saturated carbocycles. The van der Waals surface area contributed by atoms with Gasteiger partial charge in [-0.1, -0.05) is 6.92 Å². The summed E-state index contributed by atoms with van der Waals surface area (Å²) >= 11 is 0. The highest BCUT2D eigenvalue weighted by atomic mass is 15.2. The maximum Gasteiger partial charge on any atom is 0.136 e. The monoisotopic (exact) mass is 248 g/mol. The average Bonchev–Trinajstić information content (AvgIpc) is 3.21. The van der Waals surface area contributed by atoms with Crippen LogP contribution in [0.15, 0.2) is 12.5 Å². The molecule has 0 amide bonds. The van der Waals surface area contributed by atoms with Crippen LogP contribution >= 0.6 is 0 Å². The summed E-state index contributed by atoms with van der Waals surface area (Å²) in [6.07, 6.45) is 7.52. The lowest BCUT2D eigenvalue weighted by molar-refractivity contribution is 0.662. The molecule has 1 aliphatic rings. The van der Waals surface area contributed by atoms with Crippen LogP contribution in [0.25, 0.3) is 0 Å². The van der Waals surface area contributed by atoms with Gasteiger partial charge in [0.05, 0.1) is 0 Å². The van der Waals surface area contributed by atoms with E-state index in [2.05, 4.69) is 34.0 Å². The van der Waals surface area contributed by atoms with Crippen LogP contribution in [0, 0.1) is 5.92 Å². The second-order valence-electron chi connectivity index (χ2n) is 5.03. The molecule has 1 fully saturated rings. The highest BCUT2D eigenvalue weighted by molar-refractivity contribution is 5.45. The Labute approximate surface area is 110 Å². The topological polar surface area (TPSA) is 41.1 Å². The number of nitrogens with zero attached hydrogens (tertiary/aromatic N) is 3. The second-order valence-corrected chi connectivity index (χ2v) is 5.03. The SMILES string of the molecule is CCCNCc1cncnc1N(CC)CC1CC1. The second kappa shape index (κ2) is 6.69. The molecule has 0 spiro atoms. The molecule has 0 atom stereocenters. The van der Waals surface area contributed by atoms with E-state index in [0.29, 0.717) is 0 Å². The Kier molecular flexibility index (Phi) is 4.93. The van der Waals surface area contributed by atoms with E-state index in [1.54, 1.807) is 6.33 Å². The molecule has 4 heteroatoms. The molecule has 0 bridgehead atoms. The fourth-order valence-electron chi connectivity index (χ4n) is 2.14. The van der Waals surface area contributed by atoms with Crippen LogP contribution in [0.4, 0.5) is 5.82 Å². The molecule has 18 heavy (non-hydrogen) atoms. The molecule has 0 aromatic carbocycles. The van der Waals surface area contributed by atoms with Crippen LogP contribution in [-0.4, -0.2) is 29.6 Å². The summed E-state index contributed by atoms with van der Waals surface area (Å²) < 4.78 is 0. The fourth-order valence-corrected chi connectivity index (χ4v) is 2.14. The first-order valence-electron chi connectivity index (χ1n) is 7.09. The Bertz CT molecular complexity index is 363. The smallest absolute Gasteiger partial charge is 0.136 e. The zero-order chi connectivity index (χ0) is 12.8. The van der Waals surface area contributed by atoms with E-state index < -0.39 is 0 Å². The van der Waals surface area contributed by atoms with Crippen molar-refractivity contribution in [3.8, 4) is 0 Å². The summed E-state index contributed by atoms with van der Waals surface area (Å²) in [4.78, 5) is 11.0. The number of nitrogens with one attached hydrogen (secondary N) is 1. The minimum absolute atomic E-state index is 0.866. The van der Waals surface area contributed by atoms with Gasteiger partial charge in [-0.2, -0.15) is 0 Å². The third kappa shape index (κ3) is 3.67. The van der Waals surface area contributed by atoms with E-state index in [1.807, 2.05) is 6.20 Å². The summed E-state index contributed by atoms with van der Waals surface area (Å²) in [5.41, 5.74) is 1.22. The van der Waals surface area contributed by atoms with Crippen LogP contribution in [-0.2, 0) is 6.54 Å². The summed E-state index contributed by atoms with van der Waals surface area (Å²) in [6.45, 7) is 8.46. The standard InChI is InChI=1S/C14H24N4/c1-3-7-15-8-13-9-16-11-17-14(13)18(4-2)10-12-5-6-12/h9,11-12,15H,3-8,10H2,1-2H3. The van der Waals surface area contributed by atoms with Crippen molar-refractivity contribution >= 4 is 5.82 Å². The van der Waals surface area contributed by atoms with E-state index >= 15 is 0 Å². The molecule has 1 N–H and O–H groups in total. The lowest BCUT2D eigenvalue weighted by Gasteiger charge is -2.24. The van der Waals surface area contributed by atoms with Gasteiger partial charge in [-0.25, -0.2) is 9.97 Å². The number of hydrogen-bond donors (Lipinski definition) is 1. The van der Waals surface area contributed by atoms with Gasteiger partial charge in [-0.15, -0.1) is 0 Å². The molecular weight excluding hydrogens is 224 g/mol. The Morgan fingerprint density at radius 2 is 2.22 bits per heavy atom. The highest BCUT2D eigenvalue weighted by Crippen LogP contribution is 2.31. The van der Waals surface area contributed by atoms with E-state index in [0.717, 1.165) is 44.3 Å². The number of anilines is 1. The van der Waals surface area contributed by atoms with Crippen molar-refractivity contribution in [1.29, 1.82) is 0 Å². The zero-order valence-electron chi connectivity index (χ0n) is 11.5.